The number of benzene rings is 3. The molecule has 0 bridgehead atoms. The van der Waals surface area contributed by atoms with Crippen molar-refractivity contribution in [2.24, 2.45) is 0 Å². The van der Waals surface area contributed by atoms with Crippen molar-refractivity contribution in [3.05, 3.63) is 150 Å². The fourth-order valence-corrected chi connectivity index (χ4v) is 5.82. The molecule has 1 aromatic heterocycles. The number of hydrogen-bond donors (Lipinski definition) is 2. The molecule has 2 nitrogen and oxygen atoms in total. The molecule has 4 aromatic rings. The van der Waals surface area contributed by atoms with E-state index in [4.69, 9.17) is 0 Å². The van der Waals surface area contributed by atoms with Gasteiger partial charge in [-0.3, -0.25) is 0 Å². The van der Waals surface area contributed by atoms with E-state index in [-0.39, 0.29) is 0 Å². The van der Waals surface area contributed by atoms with Crippen molar-refractivity contribution in [3.8, 4) is 11.1 Å². The van der Waals surface area contributed by atoms with Crippen LogP contribution in [0.2, 0.25) is 0 Å². The summed E-state index contributed by atoms with van der Waals surface area (Å²) in [5, 5.41) is 5.01. The lowest BCUT2D eigenvalue weighted by Gasteiger charge is -2.15. The van der Waals surface area contributed by atoms with E-state index in [2.05, 4.69) is 108 Å². The number of aromatic nitrogens is 1. The Kier molecular flexibility index (Phi) is 7.01. The molecule has 0 saturated heterocycles. The fraction of sp³-hybridized carbons (Fsp3) is 0.135. The molecule has 3 aromatic carbocycles. The number of rotatable bonds is 4. The number of allylic oxidation sites excluding steroid dienone is 8. The number of nitrogens with one attached hydrogen (secondary N) is 2. The monoisotopic (exact) mass is 506 g/mol. The second kappa shape index (κ2) is 11.0. The van der Waals surface area contributed by atoms with Crippen LogP contribution >= 0.6 is 0 Å². The van der Waals surface area contributed by atoms with Crippen molar-refractivity contribution in [2.75, 3.05) is 5.32 Å². The Morgan fingerprint density at radius 2 is 1.77 bits per heavy atom. The van der Waals surface area contributed by atoms with Gasteiger partial charge in [0.15, 0.2) is 0 Å². The van der Waals surface area contributed by atoms with Crippen LogP contribution in [-0.4, -0.2) is 11.0 Å². The maximum atomic E-state index is 3.70. The first-order valence-corrected chi connectivity index (χ1v) is 13.8. The molecule has 0 fully saturated rings. The molecule has 2 heterocycles. The van der Waals surface area contributed by atoms with Crippen molar-refractivity contribution in [2.45, 2.75) is 31.7 Å². The number of H-pyrrole nitrogens is 1. The first-order chi connectivity index (χ1) is 19.2. The van der Waals surface area contributed by atoms with Gasteiger partial charge in [0.1, 0.15) is 0 Å². The summed E-state index contributed by atoms with van der Waals surface area (Å²) in [4.78, 5) is 3.59. The van der Waals surface area contributed by atoms with Crippen LogP contribution < -0.4 is 5.32 Å². The summed E-state index contributed by atoms with van der Waals surface area (Å²) in [6.07, 6.45) is 23.6. The smallest absolute Gasteiger partial charge is 0.0551 e. The Morgan fingerprint density at radius 3 is 2.62 bits per heavy atom. The molecule has 2 atom stereocenters. The molecule has 0 saturated carbocycles. The van der Waals surface area contributed by atoms with E-state index in [1.54, 1.807) is 0 Å². The summed E-state index contributed by atoms with van der Waals surface area (Å²) < 4.78 is 0. The molecule has 0 radical (unpaired) electrons. The van der Waals surface area contributed by atoms with Crippen LogP contribution in [0, 0.1) is 0 Å². The van der Waals surface area contributed by atoms with Gasteiger partial charge in [-0.2, -0.15) is 0 Å². The van der Waals surface area contributed by atoms with Crippen molar-refractivity contribution < 1.29 is 0 Å². The summed E-state index contributed by atoms with van der Waals surface area (Å²) in [6, 6.07) is 24.3. The summed E-state index contributed by atoms with van der Waals surface area (Å²) in [7, 11) is 0. The average molecular weight is 507 g/mol. The minimum atomic E-state index is 0.398. The van der Waals surface area contributed by atoms with Gasteiger partial charge in [0.05, 0.1) is 6.04 Å². The minimum Gasteiger partial charge on any atom is -0.378 e. The largest absolute Gasteiger partial charge is 0.378 e. The van der Waals surface area contributed by atoms with Gasteiger partial charge in [0, 0.05) is 33.8 Å². The highest BCUT2D eigenvalue weighted by atomic mass is 15.0. The van der Waals surface area contributed by atoms with Gasteiger partial charge in [-0.05, 0) is 65.8 Å². The molecule has 192 valence electrons. The molecule has 0 amide bonds. The number of hydrogen-bond acceptors (Lipinski definition) is 1. The Hall–Kier alpha value is -4.56. The van der Waals surface area contributed by atoms with E-state index in [9.17, 15) is 0 Å². The Balaban J connectivity index is 0.000000181. The molecule has 2 N–H and O–H groups in total. The van der Waals surface area contributed by atoms with Crippen LogP contribution in [0.3, 0.4) is 0 Å². The molecule has 0 spiro atoms. The Morgan fingerprint density at radius 1 is 0.949 bits per heavy atom. The van der Waals surface area contributed by atoms with Gasteiger partial charge in [-0.25, -0.2) is 0 Å². The lowest BCUT2D eigenvalue weighted by atomic mass is 9.90. The van der Waals surface area contributed by atoms with E-state index in [0.717, 1.165) is 12.8 Å². The highest BCUT2D eigenvalue weighted by Crippen LogP contribution is 2.41. The lowest BCUT2D eigenvalue weighted by Crippen LogP contribution is -2.17. The van der Waals surface area contributed by atoms with Crippen molar-refractivity contribution in [1.29, 1.82) is 0 Å². The molecule has 1 aliphatic heterocycles. The number of fused-ring (bicyclic) bond motifs is 6. The highest BCUT2D eigenvalue weighted by Gasteiger charge is 2.29. The Bertz CT molecular complexity index is 1660. The first kappa shape index (κ1) is 24.8. The van der Waals surface area contributed by atoms with E-state index < -0.39 is 0 Å². The Labute approximate surface area is 231 Å². The van der Waals surface area contributed by atoms with Crippen molar-refractivity contribution in [3.63, 3.8) is 0 Å². The third kappa shape index (κ3) is 4.98. The van der Waals surface area contributed by atoms with Crippen LogP contribution in [0.4, 0.5) is 5.69 Å². The zero-order valence-corrected chi connectivity index (χ0v) is 22.4. The topological polar surface area (TPSA) is 27.8 Å². The molecule has 2 unspecified atom stereocenters. The summed E-state index contributed by atoms with van der Waals surface area (Å²) >= 11 is 0. The fourth-order valence-electron chi connectivity index (χ4n) is 5.82. The van der Waals surface area contributed by atoms with Gasteiger partial charge in [0.25, 0.3) is 0 Å². The molecule has 7 rings (SSSR count). The van der Waals surface area contributed by atoms with Crippen LogP contribution in [0.1, 0.15) is 41.6 Å². The minimum absolute atomic E-state index is 0.398. The standard InChI is InChI=1S/C24H20N2.C13H14/c1-3-7-21-17(5-1)19-11-9-16(14-24(19)26-21)15-10-12-23-20(13-15)18-6-2-4-8-22(18)25-23;1-3-8-12(9-4-2)13-10-6-5-7-11-13/h1-3,5-7,9-14,17,21,25-26H,4,8H2;3-11H,1H2,2H3/b;9-4-,12-8+. The van der Waals surface area contributed by atoms with Crippen molar-refractivity contribution in [1.82, 2.24) is 4.98 Å². The maximum Gasteiger partial charge on any atom is 0.0551 e. The summed E-state index contributed by atoms with van der Waals surface area (Å²) in [5.41, 5.74) is 11.6. The van der Waals surface area contributed by atoms with Crippen LogP contribution in [0.15, 0.2) is 128 Å². The molecule has 3 aliphatic rings. The zero-order chi connectivity index (χ0) is 26.6. The second-order valence-corrected chi connectivity index (χ2v) is 10.2. The van der Waals surface area contributed by atoms with Gasteiger partial charge in [-0.1, -0.05) is 116 Å². The van der Waals surface area contributed by atoms with Crippen molar-refractivity contribution >= 4 is 28.2 Å². The average Bonchev–Trinajstić information content (AvgIpc) is 3.55. The maximum absolute atomic E-state index is 3.70. The SMILES string of the molecule is C1=CC2Nc3cc(-c4ccc5[nH]c6c(c5c4)C=CCC6)ccc3C2C=C1.C=C/C=C(\C=C/C)c1ccccc1. The third-order valence-corrected chi connectivity index (χ3v) is 7.72. The molecular formula is C37H34N2. The highest BCUT2D eigenvalue weighted by molar-refractivity contribution is 5.94. The molecule has 2 heteroatoms. The summed E-state index contributed by atoms with van der Waals surface area (Å²) in [6.45, 7) is 5.71. The quantitative estimate of drug-likeness (QED) is 0.265. The number of aromatic amines is 1. The van der Waals surface area contributed by atoms with Gasteiger partial charge >= 0.3 is 0 Å². The van der Waals surface area contributed by atoms with Crippen LogP contribution in [-0.2, 0) is 6.42 Å². The molecular weight excluding hydrogens is 472 g/mol. The predicted octanol–water partition coefficient (Wildman–Crippen LogP) is 9.63. The first-order valence-electron chi connectivity index (χ1n) is 13.8. The predicted molar refractivity (Wildman–Crippen MR) is 169 cm³/mol. The second-order valence-electron chi connectivity index (χ2n) is 10.2. The van der Waals surface area contributed by atoms with E-state index in [1.807, 2.05) is 43.4 Å². The normalized spacial score (nSPS) is 18.7. The van der Waals surface area contributed by atoms with Gasteiger partial charge < -0.3 is 10.3 Å². The summed E-state index contributed by atoms with van der Waals surface area (Å²) in [5.74, 6) is 0.466. The van der Waals surface area contributed by atoms with E-state index in [0.29, 0.717) is 12.0 Å². The number of anilines is 1. The van der Waals surface area contributed by atoms with Gasteiger partial charge in [0.2, 0.25) is 0 Å². The van der Waals surface area contributed by atoms with Crippen LogP contribution in [0.25, 0.3) is 33.7 Å². The van der Waals surface area contributed by atoms with Crippen LogP contribution in [0.5, 0.6) is 0 Å². The number of aryl methyl sites for hydroxylation is 1. The van der Waals surface area contributed by atoms with E-state index >= 15 is 0 Å². The van der Waals surface area contributed by atoms with Gasteiger partial charge in [-0.15, -0.1) is 0 Å². The molecule has 39 heavy (non-hydrogen) atoms. The molecule has 2 aliphatic carbocycles. The lowest BCUT2D eigenvalue weighted by molar-refractivity contribution is 0.805. The van der Waals surface area contributed by atoms with E-state index in [1.165, 1.54) is 55.7 Å². The third-order valence-electron chi connectivity index (χ3n) is 7.72. The zero-order valence-electron chi connectivity index (χ0n) is 22.4.